The lowest BCUT2D eigenvalue weighted by molar-refractivity contribution is -0.117. The summed E-state index contributed by atoms with van der Waals surface area (Å²) in [6, 6.07) is 14.8. The zero-order chi connectivity index (χ0) is 19.2. The van der Waals surface area contributed by atoms with Crippen molar-refractivity contribution in [3.05, 3.63) is 53.6 Å². The van der Waals surface area contributed by atoms with Crippen molar-refractivity contribution < 1.29 is 14.3 Å². The van der Waals surface area contributed by atoms with Gasteiger partial charge in [-0.3, -0.25) is 9.69 Å². The normalized spacial score (nSPS) is 16.6. The first kappa shape index (κ1) is 18.7. The molecule has 1 atom stereocenters. The molecular formula is C21H23N3O3. The number of anilines is 1. The van der Waals surface area contributed by atoms with Crippen LogP contribution >= 0.6 is 0 Å². The van der Waals surface area contributed by atoms with Crippen molar-refractivity contribution in [1.29, 1.82) is 5.26 Å². The Morgan fingerprint density at radius 1 is 1.22 bits per heavy atom. The second kappa shape index (κ2) is 8.56. The monoisotopic (exact) mass is 365 g/mol. The summed E-state index contributed by atoms with van der Waals surface area (Å²) in [6.45, 7) is 1.15. The van der Waals surface area contributed by atoms with E-state index in [0.29, 0.717) is 17.8 Å². The van der Waals surface area contributed by atoms with Crippen molar-refractivity contribution in [2.45, 2.75) is 18.9 Å². The fraction of sp³-hybridized carbons (Fsp3) is 0.333. The van der Waals surface area contributed by atoms with Gasteiger partial charge in [-0.1, -0.05) is 0 Å². The van der Waals surface area contributed by atoms with Crippen LogP contribution in [0.3, 0.4) is 0 Å². The number of nitrogens with one attached hydrogen (secondary N) is 1. The maximum atomic E-state index is 12.5. The second-order valence-electron chi connectivity index (χ2n) is 6.47. The van der Waals surface area contributed by atoms with Crippen molar-refractivity contribution >= 4 is 11.6 Å². The molecule has 0 saturated carbocycles. The summed E-state index contributed by atoms with van der Waals surface area (Å²) in [5.74, 6) is 1.51. The predicted octanol–water partition coefficient (Wildman–Crippen LogP) is 3.35. The molecule has 0 bridgehead atoms. The summed E-state index contributed by atoms with van der Waals surface area (Å²) in [7, 11) is 3.30. The van der Waals surface area contributed by atoms with Crippen molar-refractivity contribution in [1.82, 2.24) is 4.90 Å². The van der Waals surface area contributed by atoms with Gasteiger partial charge in [0.25, 0.3) is 0 Å². The van der Waals surface area contributed by atoms with Gasteiger partial charge in [-0.2, -0.15) is 5.26 Å². The number of carbonyl (C=O) groups is 1. The maximum absolute atomic E-state index is 12.5. The van der Waals surface area contributed by atoms with E-state index < -0.39 is 0 Å². The average Bonchev–Trinajstić information content (AvgIpc) is 3.15. The summed E-state index contributed by atoms with van der Waals surface area (Å²) >= 11 is 0. The Morgan fingerprint density at radius 2 is 2.00 bits per heavy atom. The minimum atomic E-state index is -0.0755. The standard InChI is InChI=1S/C21H23N3O3/c1-26-17-9-10-20(27-2)18(12-17)19-4-3-11-24(19)14-21(25)23-16-7-5-15(13-22)6-8-16/h5-10,12,19H,3-4,11,14H2,1-2H3,(H,23,25)/t19-/m1/s1. The van der Waals surface area contributed by atoms with Crippen LogP contribution in [-0.4, -0.2) is 38.1 Å². The lowest BCUT2D eigenvalue weighted by Crippen LogP contribution is -2.33. The topological polar surface area (TPSA) is 74.6 Å². The third kappa shape index (κ3) is 4.39. The second-order valence-corrected chi connectivity index (χ2v) is 6.47. The van der Waals surface area contributed by atoms with Crippen LogP contribution in [0.4, 0.5) is 5.69 Å². The Hall–Kier alpha value is -3.04. The van der Waals surface area contributed by atoms with E-state index in [4.69, 9.17) is 14.7 Å². The van der Waals surface area contributed by atoms with Gasteiger partial charge in [0.15, 0.2) is 0 Å². The van der Waals surface area contributed by atoms with E-state index in [1.165, 1.54) is 0 Å². The summed E-state index contributed by atoms with van der Waals surface area (Å²) in [5, 5.41) is 11.8. The highest BCUT2D eigenvalue weighted by atomic mass is 16.5. The fourth-order valence-corrected chi connectivity index (χ4v) is 3.48. The SMILES string of the molecule is COc1ccc(OC)c([C@H]2CCCN2CC(=O)Nc2ccc(C#N)cc2)c1. The highest BCUT2D eigenvalue weighted by molar-refractivity contribution is 5.92. The van der Waals surface area contributed by atoms with Gasteiger partial charge in [-0.15, -0.1) is 0 Å². The molecule has 0 radical (unpaired) electrons. The summed E-state index contributed by atoms with van der Waals surface area (Å²) < 4.78 is 10.9. The quantitative estimate of drug-likeness (QED) is 0.850. The van der Waals surface area contributed by atoms with Crippen LogP contribution in [0.2, 0.25) is 0 Å². The van der Waals surface area contributed by atoms with Crippen molar-refractivity contribution in [2.24, 2.45) is 0 Å². The molecule has 0 aliphatic carbocycles. The van der Waals surface area contributed by atoms with E-state index >= 15 is 0 Å². The van der Waals surface area contributed by atoms with E-state index in [0.717, 1.165) is 36.4 Å². The van der Waals surface area contributed by atoms with Crippen molar-refractivity contribution in [3.8, 4) is 17.6 Å². The maximum Gasteiger partial charge on any atom is 0.238 e. The number of carbonyl (C=O) groups excluding carboxylic acids is 1. The smallest absolute Gasteiger partial charge is 0.238 e. The number of benzene rings is 2. The van der Waals surface area contributed by atoms with E-state index in [1.54, 1.807) is 38.5 Å². The Bertz CT molecular complexity index is 843. The van der Waals surface area contributed by atoms with Crippen molar-refractivity contribution in [2.75, 3.05) is 32.6 Å². The molecule has 1 heterocycles. The van der Waals surface area contributed by atoms with Crippen LogP contribution in [0, 0.1) is 11.3 Å². The predicted molar refractivity (Wildman–Crippen MR) is 103 cm³/mol. The molecule has 1 saturated heterocycles. The molecule has 140 valence electrons. The van der Waals surface area contributed by atoms with Gasteiger partial charge >= 0.3 is 0 Å². The number of amides is 1. The molecule has 0 spiro atoms. The number of nitrogens with zero attached hydrogens (tertiary/aromatic N) is 2. The lowest BCUT2D eigenvalue weighted by Gasteiger charge is -2.26. The molecule has 1 N–H and O–H groups in total. The minimum absolute atomic E-state index is 0.0755. The van der Waals surface area contributed by atoms with Crippen LogP contribution in [0.5, 0.6) is 11.5 Å². The summed E-state index contributed by atoms with van der Waals surface area (Å²) in [5.41, 5.74) is 2.30. The molecule has 1 aliphatic heterocycles. The molecule has 0 aromatic heterocycles. The van der Waals surface area contributed by atoms with Gasteiger partial charge in [-0.05, 0) is 61.9 Å². The highest BCUT2D eigenvalue weighted by Gasteiger charge is 2.30. The Balaban J connectivity index is 1.71. The number of hydrogen-bond donors (Lipinski definition) is 1. The number of rotatable bonds is 6. The number of hydrogen-bond acceptors (Lipinski definition) is 5. The average molecular weight is 365 g/mol. The summed E-state index contributed by atoms with van der Waals surface area (Å²) in [4.78, 5) is 14.7. The number of likely N-dealkylation sites (tertiary alicyclic amines) is 1. The minimum Gasteiger partial charge on any atom is -0.497 e. The molecule has 1 fully saturated rings. The molecule has 0 unspecified atom stereocenters. The molecule has 2 aromatic carbocycles. The molecule has 3 rings (SSSR count). The zero-order valence-electron chi connectivity index (χ0n) is 15.6. The Kier molecular flexibility index (Phi) is 5.94. The molecule has 6 heteroatoms. The van der Waals surface area contributed by atoms with Crippen LogP contribution < -0.4 is 14.8 Å². The molecule has 1 amide bonds. The Morgan fingerprint density at radius 3 is 2.67 bits per heavy atom. The van der Waals surface area contributed by atoms with E-state index in [-0.39, 0.29) is 11.9 Å². The zero-order valence-corrected chi connectivity index (χ0v) is 15.6. The summed E-state index contributed by atoms with van der Waals surface area (Å²) in [6.07, 6.45) is 1.99. The van der Waals surface area contributed by atoms with Gasteiger partial charge in [-0.25, -0.2) is 0 Å². The van der Waals surface area contributed by atoms with E-state index in [1.807, 2.05) is 18.2 Å². The van der Waals surface area contributed by atoms with Crippen molar-refractivity contribution in [3.63, 3.8) is 0 Å². The molecular weight excluding hydrogens is 342 g/mol. The van der Waals surface area contributed by atoms with Gasteiger partial charge in [0, 0.05) is 17.3 Å². The van der Waals surface area contributed by atoms with Crippen LogP contribution in [0.15, 0.2) is 42.5 Å². The molecule has 1 aliphatic rings. The molecule has 27 heavy (non-hydrogen) atoms. The highest BCUT2D eigenvalue weighted by Crippen LogP contribution is 2.38. The van der Waals surface area contributed by atoms with E-state index in [2.05, 4.69) is 16.3 Å². The van der Waals surface area contributed by atoms with Crippen LogP contribution in [-0.2, 0) is 4.79 Å². The van der Waals surface area contributed by atoms with E-state index in [9.17, 15) is 4.79 Å². The largest absolute Gasteiger partial charge is 0.497 e. The first-order chi connectivity index (χ1) is 13.1. The van der Waals surface area contributed by atoms with Crippen LogP contribution in [0.1, 0.15) is 30.0 Å². The Labute approximate surface area is 159 Å². The number of nitriles is 1. The third-order valence-electron chi connectivity index (χ3n) is 4.80. The van der Waals surface area contributed by atoms with Gasteiger partial charge < -0.3 is 14.8 Å². The molecule has 6 nitrogen and oxygen atoms in total. The number of methoxy groups -OCH3 is 2. The first-order valence-electron chi connectivity index (χ1n) is 8.90. The lowest BCUT2D eigenvalue weighted by atomic mass is 10.0. The number of ether oxygens (including phenoxy) is 2. The molecule has 2 aromatic rings. The van der Waals surface area contributed by atoms with Gasteiger partial charge in [0.05, 0.1) is 32.4 Å². The first-order valence-corrected chi connectivity index (χ1v) is 8.90. The third-order valence-corrected chi connectivity index (χ3v) is 4.80. The van der Waals surface area contributed by atoms with Gasteiger partial charge in [0.1, 0.15) is 11.5 Å². The van der Waals surface area contributed by atoms with Gasteiger partial charge in [0.2, 0.25) is 5.91 Å². The fourth-order valence-electron chi connectivity index (χ4n) is 3.48. The van der Waals surface area contributed by atoms with Crippen LogP contribution in [0.25, 0.3) is 0 Å².